The minimum atomic E-state index is -0.434. The Morgan fingerprint density at radius 2 is 2.05 bits per heavy atom. The van der Waals surface area contributed by atoms with Crippen molar-refractivity contribution in [3.63, 3.8) is 0 Å². The van der Waals surface area contributed by atoms with Crippen LogP contribution in [-0.4, -0.2) is 49.3 Å². The summed E-state index contributed by atoms with van der Waals surface area (Å²) in [4.78, 5) is 18.7. The van der Waals surface area contributed by atoms with Gasteiger partial charge >= 0.3 is 0 Å². The average Bonchev–Trinajstić information content (AvgIpc) is 2.45. The molecule has 1 aromatic rings. The van der Waals surface area contributed by atoms with Gasteiger partial charge in [0, 0.05) is 31.4 Å². The SMILES string of the molecule is CC(C)(N)CNC(=O)c1cccnc1N1CCOCC1.Cl.Cl. The fourth-order valence-electron chi connectivity index (χ4n) is 2.00. The number of pyridine rings is 1. The molecule has 0 saturated carbocycles. The van der Waals surface area contributed by atoms with Crippen molar-refractivity contribution in [1.29, 1.82) is 0 Å². The van der Waals surface area contributed by atoms with Crippen LogP contribution in [-0.2, 0) is 4.74 Å². The van der Waals surface area contributed by atoms with Crippen LogP contribution in [0.2, 0.25) is 0 Å². The molecule has 1 amide bonds. The number of morpholine rings is 1. The largest absolute Gasteiger partial charge is 0.378 e. The van der Waals surface area contributed by atoms with Crippen LogP contribution >= 0.6 is 24.8 Å². The Balaban J connectivity index is 0.00000220. The van der Waals surface area contributed by atoms with Crippen molar-refractivity contribution in [2.75, 3.05) is 37.7 Å². The Labute approximate surface area is 143 Å². The molecule has 3 N–H and O–H groups in total. The third-order valence-electron chi connectivity index (χ3n) is 3.05. The van der Waals surface area contributed by atoms with E-state index in [1.54, 1.807) is 18.3 Å². The first kappa shape index (κ1) is 20.9. The third-order valence-corrected chi connectivity index (χ3v) is 3.05. The second-order valence-electron chi connectivity index (χ2n) is 5.65. The van der Waals surface area contributed by atoms with E-state index in [0.717, 1.165) is 13.1 Å². The molecule has 1 aliphatic rings. The molecule has 2 rings (SSSR count). The third kappa shape index (κ3) is 5.96. The molecule has 0 spiro atoms. The van der Waals surface area contributed by atoms with Gasteiger partial charge in [0.05, 0.1) is 18.8 Å². The summed E-state index contributed by atoms with van der Waals surface area (Å²) in [6.45, 7) is 6.99. The highest BCUT2D eigenvalue weighted by molar-refractivity contribution is 5.98. The monoisotopic (exact) mass is 350 g/mol. The zero-order valence-electron chi connectivity index (χ0n) is 12.9. The summed E-state index contributed by atoms with van der Waals surface area (Å²) in [6.07, 6.45) is 1.70. The van der Waals surface area contributed by atoms with E-state index >= 15 is 0 Å². The number of amides is 1. The Hall–Kier alpha value is -1.08. The van der Waals surface area contributed by atoms with E-state index in [0.29, 0.717) is 31.1 Å². The van der Waals surface area contributed by atoms with Crippen molar-refractivity contribution < 1.29 is 9.53 Å². The average molecular weight is 351 g/mol. The van der Waals surface area contributed by atoms with Gasteiger partial charge in [0.15, 0.2) is 0 Å². The molecule has 1 aromatic heterocycles. The van der Waals surface area contributed by atoms with Crippen molar-refractivity contribution >= 4 is 36.5 Å². The highest BCUT2D eigenvalue weighted by atomic mass is 35.5. The van der Waals surface area contributed by atoms with Crippen LogP contribution in [0, 0.1) is 0 Å². The maximum absolute atomic E-state index is 12.3. The quantitative estimate of drug-likeness (QED) is 0.853. The molecule has 22 heavy (non-hydrogen) atoms. The van der Waals surface area contributed by atoms with E-state index in [2.05, 4.69) is 15.2 Å². The van der Waals surface area contributed by atoms with Crippen LogP contribution in [0.25, 0.3) is 0 Å². The van der Waals surface area contributed by atoms with Gasteiger partial charge in [-0.05, 0) is 26.0 Å². The Morgan fingerprint density at radius 3 is 2.64 bits per heavy atom. The lowest BCUT2D eigenvalue weighted by molar-refractivity contribution is 0.0944. The molecule has 0 aliphatic carbocycles. The van der Waals surface area contributed by atoms with E-state index in [9.17, 15) is 4.79 Å². The first-order valence-corrected chi connectivity index (χ1v) is 6.82. The number of hydrogen-bond donors (Lipinski definition) is 2. The fraction of sp³-hybridized carbons (Fsp3) is 0.571. The maximum Gasteiger partial charge on any atom is 0.255 e. The number of hydrogen-bond acceptors (Lipinski definition) is 5. The summed E-state index contributed by atoms with van der Waals surface area (Å²) in [5, 5.41) is 2.86. The molecule has 1 saturated heterocycles. The van der Waals surface area contributed by atoms with Crippen molar-refractivity contribution in [3.8, 4) is 0 Å². The van der Waals surface area contributed by atoms with Gasteiger partial charge in [0.25, 0.3) is 5.91 Å². The number of carbonyl (C=O) groups excluding carboxylic acids is 1. The molecule has 2 heterocycles. The summed E-state index contributed by atoms with van der Waals surface area (Å²) >= 11 is 0. The van der Waals surface area contributed by atoms with Gasteiger partial charge < -0.3 is 20.7 Å². The molecule has 0 atom stereocenters. The Bertz CT molecular complexity index is 474. The number of anilines is 1. The molecule has 0 unspecified atom stereocenters. The number of ether oxygens (including phenoxy) is 1. The summed E-state index contributed by atoms with van der Waals surface area (Å²) in [5.74, 6) is 0.571. The van der Waals surface area contributed by atoms with E-state index in [4.69, 9.17) is 10.5 Å². The van der Waals surface area contributed by atoms with Gasteiger partial charge in [-0.1, -0.05) is 0 Å². The molecular formula is C14H24Cl2N4O2. The van der Waals surface area contributed by atoms with E-state index in [1.807, 2.05) is 13.8 Å². The lowest BCUT2D eigenvalue weighted by Crippen LogP contribution is -2.45. The summed E-state index contributed by atoms with van der Waals surface area (Å²) < 4.78 is 5.33. The smallest absolute Gasteiger partial charge is 0.255 e. The zero-order valence-corrected chi connectivity index (χ0v) is 14.5. The fourth-order valence-corrected chi connectivity index (χ4v) is 2.00. The van der Waals surface area contributed by atoms with Crippen LogP contribution in [0.3, 0.4) is 0 Å². The maximum atomic E-state index is 12.3. The minimum absolute atomic E-state index is 0. The van der Waals surface area contributed by atoms with Gasteiger partial charge in [0.1, 0.15) is 5.82 Å². The first-order valence-electron chi connectivity index (χ1n) is 6.82. The van der Waals surface area contributed by atoms with Crippen LogP contribution in [0.1, 0.15) is 24.2 Å². The van der Waals surface area contributed by atoms with Crippen LogP contribution in [0.5, 0.6) is 0 Å². The van der Waals surface area contributed by atoms with Crippen molar-refractivity contribution in [2.45, 2.75) is 19.4 Å². The lowest BCUT2D eigenvalue weighted by Gasteiger charge is -2.29. The minimum Gasteiger partial charge on any atom is -0.378 e. The summed E-state index contributed by atoms with van der Waals surface area (Å²) in [6, 6.07) is 3.56. The standard InChI is InChI=1S/C14H22N4O2.2ClH/c1-14(2,15)10-17-13(19)11-4-3-5-16-12(11)18-6-8-20-9-7-18;;/h3-5H,6-10,15H2,1-2H3,(H,17,19);2*1H. The number of nitrogens with zero attached hydrogens (tertiary/aromatic N) is 2. The molecule has 6 nitrogen and oxygen atoms in total. The van der Waals surface area contributed by atoms with Crippen molar-refractivity contribution in [1.82, 2.24) is 10.3 Å². The van der Waals surface area contributed by atoms with Crippen LogP contribution in [0.15, 0.2) is 18.3 Å². The number of carbonyl (C=O) groups is 1. The van der Waals surface area contributed by atoms with Crippen molar-refractivity contribution in [3.05, 3.63) is 23.9 Å². The molecular weight excluding hydrogens is 327 g/mol. The second-order valence-corrected chi connectivity index (χ2v) is 5.65. The number of nitrogens with two attached hydrogens (primary N) is 1. The predicted molar refractivity (Wildman–Crippen MR) is 92.4 cm³/mol. The number of aromatic nitrogens is 1. The van der Waals surface area contributed by atoms with Gasteiger partial charge in [-0.3, -0.25) is 4.79 Å². The van der Waals surface area contributed by atoms with Gasteiger partial charge in [-0.2, -0.15) is 0 Å². The first-order chi connectivity index (χ1) is 9.47. The molecule has 0 radical (unpaired) electrons. The van der Waals surface area contributed by atoms with E-state index < -0.39 is 5.54 Å². The van der Waals surface area contributed by atoms with E-state index in [-0.39, 0.29) is 30.7 Å². The summed E-state index contributed by atoms with van der Waals surface area (Å²) in [5.41, 5.74) is 6.03. The normalized spacial score (nSPS) is 14.6. The molecule has 126 valence electrons. The molecule has 0 aromatic carbocycles. The zero-order chi connectivity index (χ0) is 14.6. The highest BCUT2D eigenvalue weighted by Gasteiger charge is 2.21. The molecule has 1 fully saturated rings. The number of rotatable bonds is 4. The second kappa shape index (κ2) is 9.15. The summed E-state index contributed by atoms with van der Waals surface area (Å²) in [7, 11) is 0. The molecule has 0 bridgehead atoms. The topological polar surface area (TPSA) is 80.5 Å². The van der Waals surface area contributed by atoms with Gasteiger partial charge in [0.2, 0.25) is 0 Å². The Morgan fingerprint density at radius 1 is 1.41 bits per heavy atom. The Kier molecular flexibility index (Phi) is 8.70. The number of nitrogens with one attached hydrogen (secondary N) is 1. The van der Waals surface area contributed by atoms with Crippen LogP contribution in [0.4, 0.5) is 5.82 Å². The predicted octanol–water partition coefficient (Wildman–Crippen LogP) is 1.23. The van der Waals surface area contributed by atoms with Crippen molar-refractivity contribution in [2.24, 2.45) is 5.73 Å². The van der Waals surface area contributed by atoms with Crippen LogP contribution < -0.4 is 16.0 Å². The molecule has 1 aliphatic heterocycles. The highest BCUT2D eigenvalue weighted by Crippen LogP contribution is 2.18. The number of halogens is 2. The molecule has 8 heteroatoms. The van der Waals surface area contributed by atoms with E-state index in [1.165, 1.54) is 0 Å². The van der Waals surface area contributed by atoms with Gasteiger partial charge in [-0.15, -0.1) is 24.8 Å². The van der Waals surface area contributed by atoms with Gasteiger partial charge in [-0.25, -0.2) is 4.98 Å². The lowest BCUT2D eigenvalue weighted by atomic mass is 10.1.